The van der Waals surface area contributed by atoms with E-state index in [4.69, 9.17) is 0 Å². The van der Waals surface area contributed by atoms with E-state index in [2.05, 4.69) is 13.8 Å². The number of ketones is 1. The van der Waals surface area contributed by atoms with Crippen LogP contribution in [0.25, 0.3) is 0 Å². The van der Waals surface area contributed by atoms with Crippen LogP contribution in [0.2, 0.25) is 0 Å². The van der Waals surface area contributed by atoms with Gasteiger partial charge in [0.25, 0.3) is 0 Å². The highest BCUT2D eigenvalue weighted by Crippen LogP contribution is 2.30. The third-order valence-electron chi connectivity index (χ3n) is 8.72. The van der Waals surface area contributed by atoms with Crippen molar-refractivity contribution in [1.82, 2.24) is 0 Å². The number of aliphatic hydroxyl groups is 1. The first-order valence-electron chi connectivity index (χ1n) is 17.4. The first kappa shape index (κ1) is 39.1. The summed E-state index contributed by atoms with van der Waals surface area (Å²) in [6, 6.07) is -0.450. The lowest BCUT2D eigenvalue weighted by Crippen LogP contribution is -2.63. The second-order valence-corrected chi connectivity index (χ2v) is 13.5. The van der Waals surface area contributed by atoms with Crippen molar-refractivity contribution >= 4 is 11.8 Å². The Labute approximate surface area is 249 Å². The predicted molar refractivity (Wildman–Crippen MR) is 168 cm³/mol. The lowest BCUT2D eigenvalue weighted by atomic mass is 9.80. The van der Waals surface area contributed by atoms with Crippen molar-refractivity contribution in [1.29, 1.82) is 0 Å². The van der Waals surface area contributed by atoms with Crippen LogP contribution in [0.3, 0.4) is 0 Å². The maximum Gasteiger partial charge on any atom is 0.179 e. The minimum atomic E-state index is -1.87. The van der Waals surface area contributed by atoms with Gasteiger partial charge in [0.1, 0.15) is 6.04 Å². The van der Waals surface area contributed by atoms with Crippen LogP contribution in [0.5, 0.6) is 0 Å². The van der Waals surface area contributed by atoms with Gasteiger partial charge in [0.2, 0.25) is 0 Å². The Morgan fingerprint density at radius 1 is 0.600 bits per heavy atom. The molecule has 2 unspecified atom stereocenters. The van der Waals surface area contributed by atoms with Crippen LogP contribution < -0.4 is 5.11 Å². The van der Waals surface area contributed by atoms with Gasteiger partial charge in [-0.3, -0.25) is 4.79 Å². The number of hydrogen-bond acceptors (Lipinski definition) is 4. The number of carboxylic acids is 1. The highest BCUT2D eigenvalue weighted by Gasteiger charge is 2.49. The Morgan fingerprint density at radius 2 is 0.925 bits per heavy atom. The van der Waals surface area contributed by atoms with Gasteiger partial charge in [-0.05, 0) is 12.8 Å². The van der Waals surface area contributed by atoms with Crippen molar-refractivity contribution in [2.75, 3.05) is 21.1 Å². The zero-order valence-electron chi connectivity index (χ0n) is 27.6. The molecule has 0 amide bonds. The smallest absolute Gasteiger partial charge is 0.179 e. The van der Waals surface area contributed by atoms with Crippen LogP contribution in [-0.2, 0) is 9.59 Å². The molecule has 40 heavy (non-hydrogen) atoms. The third-order valence-corrected chi connectivity index (χ3v) is 8.72. The van der Waals surface area contributed by atoms with E-state index >= 15 is 0 Å². The van der Waals surface area contributed by atoms with Crippen LogP contribution in [-0.4, -0.2) is 54.1 Å². The lowest BCUT2D eigenvalue weighted by Gasteiger charge is -2.44. The number of Topliss-reactive ketones (excluding diaryl/α,β-unsaturated/α-hetero) is 1. The van der Waals surface area contributed by atoms with Crippen molar-refractivity contribution in [2.24, 2.45) is 0 Å². The fourth-order valence-corrected chi connectivity index (χ4v) is 6.23. The molecule has 5 heteroatoms. The van der Waals surface area contributed by atoms with Crippen LogP contribution in [0.15, 0.2) is 0 Å². The van der Waals surface area contributed by atoms with Crippen LogP contribution in [0.1, 0.15) is 181 Å². The Bertz CT molecular complexity index is 615. The summed E-state index contributed by atoms with van der Waals surface area (Å²) in [6.45, 7) is 4.50. The first-order valence-corrected chi connectivity index (χ1v) is 17.4. The number of nitrogens with zero attached hydrogens (tertiary/aromatic N) is 1. The quantitative estimate of drug-likeness (QED) is 0.0699. The maximum atomic E-state index is 13.3. The van der Waals surface area contributed by atoms with Crippen LogP contribution in [0, 0.1) is 0 Å². The number of carbonyl (C=O) groups excluding carboxylic acids is 2. The molecule has 0 saturated carbocycles. The normalized spacial score (nSPS) is 14.2. The average Bonchev–Trinajstić information content (AvgIpc) is 2.88. The Morgan fingerprint density at radius 3 is 1.25 bits per heavy atom. The molecule has 0 aromatic carbocycles. The van der Waals surface area contributed by atoms with E-state index < -0.39 is 24.0 Å². The van der Waals surface area contributed by atoms with Gasteiger partial charge in [-0.2, -0.15) is 0 Å². The van der Waals surface area contributed by atoms with Crippen molar-refractivity contribution in [3.05, 3.63) is 0 Å². The van der Waals surface area contributed by atoms with Crippen molar-refractivity contribution in [3.63, 3.8) is 0 Å². The van der Waals surface area contributed by atoms with Gasteiger partial charge in [0.15, 0.2) is 11.4 Å². The largest absolute Gasteiger partial charge is 0.550 e. The number of carboxylic acid groups (broad SMARTS) is 1. The summed E-state index contributed by atoms with van der Waals surface area (Å²) < 4.78 is 0.367. The topological polar surface area (TPSA) is 77.4 Å². The molecule has 0 aliphatic heterocycles. The standard InChI is InChI=1S/C35H69NO4/c1-6-8-10-12-14-16-18-20-21-23-25-27-29-32(36(3,4)5)35(40,31-34(38)39)33(37)30-28-26-24-22-19-17-15-13-11-9-7-2/h32,40H,6-31H2,1-5H3. The second kappa shape index (κ2) is 24.6. The maximum absolute atomic E-state index is 13.3. The molecule has 0 radical (unpaired) electrons. The molecule has 1 N–H and O–H groups in total. The van der Waals surface area contributed by atoms with Crippen molar-refractivity contribution in [3.8, 4) is 0 Å². The molecule has 0 rings (SSSR count). The second-order valence-electron chi connectivity index (χ2n) is 13.5. The average molecular weight is 568 g/mol. The third kappa shape index (κ3) is 20.0. The minimum Gasteiger partial charge on any atom is -0.550 e. The molecule has 0 aliphatic carbocycles. The molecule has 0 spiro atoms. The zero-order valence-corrected chi connectivity index (χ0v) is 27.6. The summed E-state index contributed by atoms with van der Waals surface area (Å²) in [5.41, 5.74) is -1.87. The Kier molecular flexibility index (Phi) is 24.1. The number of quaternary nitrogens is 1. The number of rotatable bonds is 30. The molecular weight excluding hydrogens is 498 g/mol. The summed E-state index contributed by atoms with van der Waals surface area (Å²) in [4.78, 5) is 25.0. The van der Waals surface area contributed by atoms with Crippen molar-refractivity contribution < 1.29 is 24.3 Å². The lowest BCUT2D eigenvalue weighted by molar-refractivity contribution is -0.902. The summed E-state index contributed by atoms with van der Waals surface area (Å²) >= 11 is 0. The number of hydrogen-bond donors (Lipinski definition) is 1. The Hall–Kier alpha value is -0.940. The van der Waals surface area contributed by atoms with Gasteiger partial charge >= 0.3 is 0 Å². The molecule has 238 valence electrons. The number of likely N-dealkylation sites (N-methyl/N-ethyl adjacent to an activating group) is 1. The van der Waals surface area contributed by atoms with Crippen molar-refractivity contribution in [2.45, 2.75) is 192 Å². The van der Waals surface area contributed by atoms with E-state index in [1.807, 2.05) is 21.1 Å². The molecule has 0 saturated heterocycles. The summed E-state index contributed by atoms with van der Waals surface area (Å²) in [5, 5.41) is 23.3. The van der Waals surface area contributed by atoms with Gasteiger partial charge in [-0.15, -0.1) is 0 Å². The minimum absolute atomic E-state index is 0.246. The molecule has 0 heterocycles. The van der Waals surface area contributed by atoms with E-state index in [-0.39, 0.29) is 12.2 Å². The predicted octanol–water partition coefficient (Wildman–Crippen LogP) is 8.29. The van der Waals surface area contributed by atoms with E-state index in [1.165, 1.54) is 109 Å². The molecule has 2 atom stereocenters. The summed E-state index contributed by atoms with van der Waals surface area (Å²) in [5.74, 6) is -1.66. The number of aliphatic carboxylic acids is 1. The Balaban J connectivity index is 4.51. The SMILES string of the molecule is CCCCCCCCCCCCCCC(C(O)(CC(=O)[O-])C(=O)CCCCCCCCCCCCC)[N+](C)(C)C. The summed E-state index contributed by atoms with van der Waals surface area (Å²) in [7, 11) is 5.88. The monoisotopic (exact) mass is 568 g/mol. The van der Waals surface area contributed by atoms with Gasteiger partial charge in [-0.1, -0.05) is 149 Å². The zero-order chi connectivity index (χ0) is 30.1. The fourth-order valence-electron chi connectivity index (χ4n) is 6.23. The van der Waals surface area contributed by atoms with E-state index in [0.29, 0.717) is 17.3 Å². The molecule has 0 bridgehead atoms. The highest BCUT2D eigenvalue weighted by molar-refractivity contribution is 5.91. The molecule has 0 aromatic heterocycles. The molecule has 0 aliphatic rings. The van der Waals surface area contributed by atoms with E-state index in [9.17, 15) is 19.8 Å². The number of unbranched alkanes of at least 4 members (excludes halogenated alkanes) is 21. The van der Waals surface area contributed by atoms with E-state index in [1.54, 1.807) is 0 Å². The number of carbonyl (C=O) groups is 2. The van der Waals surface area contributed by atoms with Gasteiger partial charge in [0, 0.05) is 25.2 Å². The first-order chi connectivity index (χ1) is 19.1. The summed E-state index contributed by atoms with van der Waals surface area (Å²) in [6.07, 6.45) is 28.4. The fraction of sp³-hybridized carbons (Fsp3) is 0.943. The van der Waals surface area contributed by atoms with Gasteiger partial charge in [-0.25, -0.2) is 0 Å². The van der Waals surface area contributed by atoms with Gasteiger partial charge in [0.05, 0.1) is 21.1 Å². The highest BCUT2D eigenvalue weighted by atomic mass is 16.4. The van der Waals surface area contributed by atoms with Crippen LogP contribution in [0.4, 0.5) is 0 Å². The molecular formula is C35H69NO4. The molecule has 0 aromatic rings. The van der Waals surface area contributed by atoms with Gasteiger partial charge < -0.3 is 19.5 Å². The molecule has 5 nitrogen and oxygen atoms in total. The van der Waals surface area contributed by atoms with Crippen LogP contribution >= 0.6 is 0 Å². The molecule has 0 fully saturated rings. The van der Waals surface area contributed by atoms with E-state index in [0.717, 1.165) is 32.1 Å².